The molecule has 0 saturated carbocycles. The Labute approximate surface area is 200 Å². The van der Waals surface area contributed by atoms with Gasteiger partial charge in [-0.15, -0.1) is 0 Å². The number of ether oxygens (including phenoxy) is 2. The molecule has 3 heterocycles. The van der Waals surface area contributed by atoms with Crippen molar-refractivity contribution in [3.05, 3.63) is 80.8 Å². The molecule has 178 valence electrons. The number of aromatic amines is 1. The van der Waals surface area contributed by atoms with E-state index in [9.17, 15) is 4.79 Å². The van der Waals surface area contributed by atoms with Gasteiger partial charge in [0.05, 0.1) is 5.69 Å². The first-order valence-electron chi connectivity index (χ1n) is 12.0. The molecule has 0 unspecified atom stereocenters. The van der Waals surface area contributed by atoms with Crippen molar-refractivity contribution in [3.63, 3.8) is 0 Å². The van der Waals surface area contributed by atoms with Crippen LogP contribution in [0.5, 0.6) is 11.5 Å². The standard InChI is InChI=1S/C27H32N4O3/c1-18(2)22-7-4-20(5-8-22)14-23-19(3)28-27(29-26(23)32)31-12-10-30(11-13-31)16-21-6-9-24-25(15-21)34-17-33-24/h4-9,15,18H,10-14,16-17H2,1-3H3,(H,28,29,32). The monoisotopic (exact) mass is 460 g/mol. The molecule has 7 nitrogen and oxygen atoms in total. The normalized spacial score (nSPS) is 15.8. The van der Waals surface area contributed by atoms with Gasteiger partial charge in [0.15, 0.2) is 11.5 Å². The van der Waals surface area contributed by atoms with E-state index in [1.165, 1.54) is 11.1 Å². The maximum absolute atomic E-state index is 12.9. The van der Waals surface area contributed by atoms with Crippen molar-refractivity contribution in [1.29, 1.82) is 0 Å². The van der Waals surface area contributed by atoms with Gasteiger partial charge in [0.1, 0.15) is 0 Å². The van der Waals surface area contributed by atoms with Gasteiger partial charge in [-0.1, -0.05) is 44.2 Å². The van der Waals surface area contributed by atoms with Crippen LogP contribution in [0.15, 0.2) is 47.3 Å². The van der Waals surface area contributed by atoms with E-state index < -0.39 is 0 Å². The van der Waals surface area contributed by atoms with Gasteiger partial charge in [0.25, 0.3) is 5.56 Å². The number of nitrogens with zero attached hydrogens (tertiary/aromatic N) is 3. The van der Waals surface area contributed by atoms with Crippen molar-refractivity contribution >= 4 is 5.95 Å². The Hall–Kier alpha value is -3.32. The quantitative estimate of drug-likeness (QED) is 0.603. The predicted octanol–water partition coefficient (Wildman–Crippen LogP) is 3.84. The van der Waals surface area contributed by atoms with E-state index in [-0.39, 0.29) is 5.56 Å². The Kier molecular flexibility index (Phi) is 6.28. The molecule has 5 rings (SSSR count). The van der Waals surface area contributed by atoms with Gasteiger partial charge in [-0.3, -0.25) is 14.7 Å². The first-order valence-corrected chi connectivity index (χ1v) is 12.0. The molecule has 1 N–H and O–H groups in total. The van der Waals surface area contributed by atoms with Gasteiger partial charge in [-0.25, -0.2) is 4.98 Å². The molecular weight excluding hydrogens is 428 g/mol. The molecule has 2 aromatic carbocycles. The topological polar surface area (TPSA) is 70.7 Å². The van der Waals surface area contributed by atoms with Crippen LogP contribution in [0, 0.1) is 6.92 Å². The van der Waals surface area contributed by atoms with E-state index in [0.29, 0.717) is 25.1 Å². The largest absolute Gasteiger partial charge is 0.454 e. The summed E-state index contributed by atoms with van der Waals surface area (Å²) in [5.41, 5.74) is 5.14. The zero-order valence-corrected chi connectivity index (χ0v) is 20.1. The van der Waals surface area contributed by atoms with Gasteiger partial charge in [-0.2, -0.15) is 0 Å². The third kappa shape index (κ3) is 4.80. The lowest BCUT2D eigenvalue weighted by Crippen LogP contribution is -2.47. The Morgan fingerprint density at radius 3 is 2.38 bits per heavy atom. The number of nitrogens with one attached hydrogen (secondary N) is 1. The maximum atomic E-state index is 12.9. The summed E-state index contributed by atoms with van der Waals surface area (Å²) in [6.45, 7) is 10.9. The third-order valence-corrected chi connectivity index (χ3v) is 6.75. The number of aromatic nitrogens is 2. The Balaban J connectivity index is 1.21. The highest BCUT2D eigenvalue weighted by atomic mass is 16.7. The van der Waals surface area contributed by atoms with Crippen molar-refractivity contribution in [3.8, 4) is 11.5 Å². The zero-order valence-electron chi connectivity index (χ0n) is 20.1. The molecule has 0 atom stereocenters. The SMILES string of the molecule is Cc1nc(N2CCN(Cc3ccc4c(c3)OCO4)CC2)[nH]c(=O)c1Cc1ccc(C(C)C)cc1. The third-order valence-electron chi connectivity index (χ3n) is 6.75. The lowest BCUT2D eigenvalue weighted by atomic mass is 9.99. The molecule has 1 fully saturated rings. The van der Waals surface area contributed by atoms with Crippen LogP contribution in [0.4, 0.5) is 5.95 Å². The average Bonchev–Trinajstić information content (AvgIpc) is 3.30. The molecule has 2 aliphatic heterocycles. The fourth-order valence-corrected chi connectivity index (χ4v) is 4.59. The number of benzene rings is 2. The molecule has 34 heavy (non-hydrogen) atoms. The second-order valence-electron chi connectivity index (χ2n) is 9.48. The summed E-state index contributed by atoms with van der Waals surface area (Å²) in [5.74, 6) is 2.81. The van der Waals surface area contributed by atoms with Crippen molar-refractivity contribution in [2.75, 3.05) is 37.9 Å². The number of aryl methyl sites for hydroxylation is 1. The molecular formula is C27H32N4O3. The molecule has 0 bridgehead atoms. The minimum atomic E-state index is -0.0433. The van der Waals surface area contributed by atoms with Crippen LogP contribution in [-0.2, 0) is 13.0 Å². The smallest absolute Gasteiger partial charge is 0.256 e. The molecule has 0 spiro atoms. The van der Waals surface area contributed by atoms with Gasteiger partial charge in [-0.05, 0) is 41.7 Å². The molecule has 2 aliphatic rings. The van der Waals surface area contributed by atoms with Crippen LogP contribution in [0.3, 0.4) is 0 Å². The average molecular weight is 461 g/mol. The Morgan fingerprint density at radius 1 is 0.971 bits per heavy atom. The van der Waals surface area contributed by atoms with Gasteiger partial charge < -0.3 is 14.4 Å². The van der Waals surface area contributed by atoms with Gasteiger partial charge in [0.2, 0.25) is 12.7 Å². The molecule has 1 aromatic heterocycles. The zero-order chi connectivity index (χ0) is 23.7. The Bertz CT molecular complexity index is 1210. The van der Waals surface area contributed by atoms with E-state index in [1.54, 1.807) is 0 Å². The highest BCUT2D eigenvalue weighted by Crippen LogP contribution is 2.33. The molecule has 0 radical (unpaired) electrons. The first-order chi connectivity index (χ1) is 16.5. The summed E-state index contributed by atoms with van der Waals surface area (Å²) < 4.78 is 10.9. The van der Waals surface area contributed by atoms with Crippen molar-refractivity contribution in [2.24, 2.45) is 0 Å². The first kappa shape index (κ1) is 22.5. The summed E-state index contributed by atoms with van der Waals surface area (Å²) in [6, 6.07) is 14.7. The number of hydrogen-bond acceptors (Lipinski definition) is 6. The lowest BCUT2D eigenvalue weighted by Gasteiger charge is -2.35. The van der Waals surface area contributed by atoms with Crippen molar-refractivity contribution in [2.45, 2.75) is 39.7 Å². The van der Waals surface area contributed by atoms with Crippen molar-refractivity contribution < 1.29 is 9.47 Å². The molecule has 0 amide bonds. The van der Waals surface area contributed by atoms with Crippen LogP contribution >= 0.6 is 0 Å². The maximum Gasteiger partial charge on any atom is 0.256 e. The fraction of sp³-hybridized carbons (Fsp3) is 0.407. The fourth-order valence-electron chi connectivity index (χ4n) is 4.59. The summed E-state index contributed by atoms with van der Waals surface area (Å²) in [4.78, 5) is 25.3. The van der Waals surface area contributed by atoms with Crippen molar-refractivity contribution in [1.82, 2.24) is 14.9 Å². The van der Waals surface area contributed by atoms with Crippen LogP contribution in [0.1, 0.15) is 47.7 Å². The number of anilines is 1. The summed E-state index contributed by atoms with van der Waals surface area (Å²) in [5, 5.41) is 0. The summed E-state index contributed by atoms with van der Waals surface area (Å²) in [7, 11) is 0. The molecule has 1 saturated heterocycles. The van der Waals surface area contributed by atoms with E-state index >= 15 is 0 Å². The van der Waals surface area contributed by atoms with Gasteiger partial charge in [0, 0.05) is 44.7 Å². The van der Waals surface area contributed by atoms with Crippen LogP contribution in [0.25, 0.3) is 0 Å². The minimum Gasteiger partial charge on any atom is -0.454 e. The van der Waals surface area contributed by atoms with Gasteiger partial charge >= 0.3 is 0 Å². The number of fused-ring (bicyclic) bond motifs is 1. The van der Waals surface area contributed by atoms with Crippen LogP contribution in [0.2, 0.25) is 0 Å². The predicted molar refractivity (Wildman–Crippen MR) is 133 cm³/mol. The summed E-state index contributed by atoms with van der Waals surface area (Å²) in [6.07, 6.45) is 0.593. The summed E-state index contributed by atoms with van der Waals surface area (Å²) >= 11 is 0. The second-order valence-corrected chi connectivity index (χ2v) is 9.48. The lowest BCUT2D eigenvalue weighted by molar-refractivity contribution is 0.174. The molecule has 7 heteroatoms. The van der Waals surface area contributed by atoms with Crippen LogP contribution < -0.4 is 19.9 Å². The second kappa shape index (κ2) is 9.50. The minimum absolute atomic E-state index is 0.0433. The van der Waals surface area contributed by atoms with E-state index in [0.717, 1.165) is 61.0 Å². The van der Waals surface area contributed by atoms with Crippen LogP contribution in [-0.4, -0.2) is 47.8 Å². The van der Waals surface area contributed by atoms with E-state index in [2.05, 4.69) is 65.0 Å². The highest BCUT2D eigenvalue weighted by Gasteiger charge is 2.21. The Morgan fingerprint density at radius 2 is 1.68 bits per heavy atom. The molecule has 0 aliphatic carbocycles. The van der Waals surface area contributed by atoms with E-state index in [4.69, 9.17) is 14.5 Å². The van der Waals surface area contributed by atoms with E-state index in [1.807, 2.05) is 13.0 Å². The number of piperazine rings is 1. The number of rotatable bonds is 6. The number of hydrogen-bond donors (Lipinski definition) is 1. The molecule has 3 aromatic rings. The number of H-pyrrole nitrogens is 1. The highest BCUT2D eigenvalue weighted by molar-refractivity contribution is 5.44.